The molecule has 0 spiro atoms. The molecule has 1 atom stereocenters. The van der Waals surface area contributed by atoms with Crippen molar-refractivity contribution in [2.24, 2.45) is 0 Å². The summed E-state index contributed by atoms with van der Waals surface area (Å²) in [5.41, 5.74) is 0.955. The number of thiophene rings is 1. The number of hydrogen-bond acceptors (Lipinski definition) is 3. The number of hydrogen-bond donors (Lipinski definition) is 0. The largest absolute Gasteiger partial charge is 0.260 e. The zero-order chi connectivity index (χ0) is 9.42. The van der Waals surface area contributed by atoms with Crippen LogP contribution in [0.2, 0.25) is 0 Å². The molecule has 68 valence electrons. The predicted molar refractivity (Wildman–Crippen MR) is 56.6 cm³/mol. The number of nitrogens with zero attached hydrogens (tertiary/aromatic N) is 1. The van der Waals surface area contributed by atoms with E-state index >= 15 is 0 Å². The Morgan fingerprint density at radius 3 is 3.08 bits per heavy atom. The number of aromatic nitrogens is 1. The first-order chi connectivity index (χ1) is 6.20. The summed E-state index contributed by atoms with van der Waals surface area (Å²) >= 11 is 1.53. The van der Waals surface area contributed by atoms with Crippen LogP contribution in [0.5, 0.6) is 0 Å². The molecule has 2 aromatic rings. The Bertz CT molecular complexity index is 480. The van der Waals surface area contributed by atoms with Gasteiger partial charge in [-0.25, -0.2) is 4.21 Å². The molecule has 0 aromatic carbocycles. The van der Waals surface area contributed by atoms with E-state index in [0.717, 1.165) is 15.8 Å². The Kier molecular flexibility index (Phi) is 2.36. The minimum atomic E-state index is -1.43. The summed E-state index contributed by atoms with van der Waals surface area (Å²) in [6.45, 7) is 1.93. The molecule has 0 aliphatic heterocycles. The first-order valence-corrected chi connectivity index (χ1v) is 6.46. The van der Waals surface area contributed by atoms with Crippen LogP contribution in [0.25, 0.3) is 10.1 Å². The average Bonchev–Trinajstić information content (AvgIpc) is 2.48. The van der Waals surface area contributed by atoms with Crippen LogP contribution in [0.3, 0.4) is 0 Å². The van der Waals surface area contributed by atoms with Gasteiger partial charge in [0, 0.05) is 17.0 Å². The monoisotopic (exact) mass is 231 g/mol. The third-order valence-electron chi connectivity index (χ3n) is 1.80. The predicted octanol–water partition coefficient (Wildman–Crippen LogP) is 2.87. The molecule has 2 aromatic heterocycles. The van der Waals surface area contributed by atoms with Gasteiger partial charge in [-0.05, 0) is 23.7 Å². The van der Waals surface area contributed by atoms with Gasteiger partial charge in [-0.1, -0.05) is 0 Å². The highest BCUT2D eigenvalue weighted by Crippen LogP contribution is 2.30. The van der Waals surface area contributed by atoms with Crippen molar-refractivity contribution >= 4 is 42.1 Å². The Balaban J connectivity index is 2.83. The van der Waals surface area contributed by atoms with Crippen LogP contribution in [0.4, 0.5) is 0 Å². The lowest BCUT2D eigenvalue weighted by molar-refractivity contribution is 0.692. The average molecular weight is 232 g/mol. The molecule has 0 fully saturated rings. The second-order valence-corrected chi connectivity index (χ2v) is 5.20. The van der Waals surface area contributed by atoms with Crippen LogP contribution < -0.4 is 0 Å². The number of pyridine rings is 1. The fraction of sp³-hybridized carbons (Fsp3) is 0.125. The normalized spacial score (nSPS) is 13.4. The number of aryl methyl sites for hydroxylation is 1. The molecule has 1 unspecified atom stereocenters. The van der Waals surface area contributed by atoms with Crippen molar-refractivity contribution < 1.29 is 4.21 Å². The van der Waals surface area contributed by atoms with Gasteiger partial charge < -0.3 is 0 Å². The molecule has 0 radical (unpaired) electrons. The lowest BCUT2D eigenvalue weighted by Crippen LogP contribution is -1.81. The molecule has 5 heteroatoms. The second-order valence-electron chi connectivity index (χ2n) is 2.60. The van der Waals surface area contributed by atoms with E-state index in [1.807, 2.05) is 18.4 Å². The van der Waals surface area contributed by atoms with E-state index in [1.54, 1.807) is 6.20 Å². The summed E-state index contributed by atoms with van der Waals surface area (Å²) in [5, 5.41) is 2.77. The second kappa shape index (κ2) is 3.36. The SMILES string of the molecule is Cc1nccc2c(S(=O)Cl)csc12. The van der Waals surface area contributed by atoms with E-state index in [2.05, 4.69) is 4.98 Å². The van der Waals surface area contributed by atoms with E-state index in [4.69, 9.17) is 10.7 Å². The number of halogens is 1. The molecular formula is C8H6ClNOS2. The third kappa shape index (κ3) is 1.49. The lowest BCUT2D eigenvalue weighted by Gasteiger charge is -1.94. The minimum absolute atomic E-state index is 0.687. The van der Waals surface area contributed by atoms with Gasteiger partial charge in [0.1, 0.15) is 10.0 Å². The molecule has 0 aliphatic carbocycles. The molecule has 0 saturated carbocycles. The third-order valence-corrected chi connectivity index (χ3v) is 4.24. The smallest absolute Gasteiger partial charge is 0.149 e. The molecule has 0 N–H and O–H groups in total. The van der Waals surface area contributed by atoms with Crippen LogP contribution in [0.1, 0.15) is 5.69 Å². The van der Waals surface area contributed by atoms with Crippen LogP contribution in [0, 0.1) is 6.92 Å². The highest BCUT2D eigenvalue weighted by molar-refractivity contribution is 8.08. The van der Waals surface area contributed by atoms with Gasteiger partial charge in [0.05, 0.1) is 15.3 Å². The summed E-state index contributed by atoms with van der Waals surface area (Å²) in [6.07, 6.45) is 1.71. The highest BCUT2D eigenvalue weighted by atomic mass is 35.7. The maximum Gasteiger partial charge on any atom is 0.149 e. The van der Waals surface area contributed by atoms with Crippen LogP contribution in [-0.2, 0) is 10.0 Å². The maximum atomic E-state index is 11.1. The zero-order valence-corrected chi connectivity index (χ0v) is 9.17. The van der Waals surface area contributed by atoms with Gasteiger partial charge in [-0.2, -0.15) is 0 Å². The molecule has 0 saturated heterocycles. The van der Waals surface area contributed by atoms with Crippen molar-refractivity contribution in [2.45, 2.75) is 11.8 Å². The van der Waals surface area contributed by atoms with Crippen molar-refractivity contribution in [3.05, 3.63) is 23.3 Å². The van der Waals surface area contributed by atoms with E-state index in [9.17, 15) is 4.21 Å². The minimum Gasteiger partial charge on any atom is -0.260 e. The van der Waals surface area contributed by atoms with E-state index in [1.165, 1.54) is 11.3 Å². The van der Waals surface area contributed by atoms with Crippen molar-refractivity contribution in [3.63, 3.8) is 0 Å². The van der Waals surface area contributed by atoms with Crippen LogP contribution >= 0.6 is 22.0 Å². The van der Waals surface area contributed by atoms with E-state index in [-0.39, 0.29) is 0 Å². The molecule has 0 aliphatic rings. The van der Waals surface area contributed by atoms with Gasteiger partial charge in [-0.3, -0.25) is 4.98 Å². The zero-order valence-electron chi connectivity index (χ0n) is 6.78. The molecule has 0 bridgehead atoms. The van der Waals surface area contributed by atoms with E-state index < -0.39 is 10.0 Å². The van der Waals surface area contributed by atoms with E-state index in [0.29, 0.717) is 4.90 Å². The van der Waals surface area contributed by atoms with Gasteiger partial charge in [-0.15, -0.1) is 11.3 Å². The standard InChI is InChI=1S/C8H6ClNOS2/c1-5-8-6(2-3-10-5)7(4-12-8)13(9)11/h2-4H,1H3. The van der Waals surface area contributed by atoms with Crippen molar-refractivity contribution in [3.8, 4) is 0 Å². The molecule has 2 heterocycles. The Hall–Kier alpha value is -0.450. The fourth-order valence-corrected chi connectivity index (χ4v) is 3.51. The topological polar surface area (TPSA) is 30.0 Å². The first kappa shape index (κ1) is 9.12. The lowest BCUT2D eigenvalue weighted by atomic mass is 10.3. The molecule has 2 rings (SSSR count). The highest BCUT2D eigenvalue weighted by Gasteiger charge is 2.09. The Morgan fingerprint density at radius 2 is 2.38 bits per heavy atom. The molecule has 13 heavy (non-hydrogen) atoms. The Labute approximate surface area is 86.5 Å². The van der Waals surface area contributed by atoms with Crippen molar-refractivity contribution in [1.29, 1.82) is 0 Å². The summed E-state index contributed by atoms with van der Waals surface area (Å²) in [5.74, 6) is 0. The molecule has 0 amide bonds. The summed E-state index contributed by atoms with van der Waals surface area (Å²) in [4.78, 5) is 4.84. The fourth-order valence-electron chi connectivity index (χ4n) is 1.20. The van der Waals surface area contributed by atoms with Crippen LogP contribution in [-0.4, -0.2) is 9.19 Å². The van der Waals surface area contributed by atoms with Gasteiger partial charge in [0.2, 0.25) is 0 Å². The first-order valence-electron chi connectivity index (χ1n) is 3.61. The maximum absolute atomic E-state index is 11.1. The van der Waals surface area contributed by atoms with Gasteiger partial charge in [0.15, 0.2) is 0 Å². The van der Waals surface area contributed by atoms with Crippen LogP contribution in [0.15, 0.2) is 22.5 Å². The quantitative estimate of drug-likeness (QED) is 0.707. The van der Waals surface area contributed by atoms with Gasteiger partial charge in [0.25, 0.3) is 0 Å². The molecule has 2 nitrogen and oxygen atoms in total. The summed E-state index contributed by atoms with van der Waals surface area (Å²) in [7, 11) is 4.11. The number of rotatable bonds is 1. The number of fused-ring (bicyclic) bond motifs is 1. The van der Waals surface area contributed by atoms with Crippen molar-refractivity contribution in [2.75, 3.05) is 0 Å². The Morgan fingerprint density at radius 1 is 1.62 bits per heavy atom. The van der Waals surface area contributed by atoms with Crippen molar-refractivity contribution in [1.82, 2.24) is 4.98 Å². The summed E-state index contributed by atoms with van der Waals surface area (Å²) in [6, 6.07) is 1.84. The molecular weight excluding hydrogens is 226 g/mol. The summed E-state index contributed by atoms with van der Waals surface area (Å²) < 4.78 is 12.2. The van der Waals surface area contributed by atoms with Gasteiger partial charge >= 0.3 is 0 Å².